The Hall–Kier alpha value is -2.97. The van der Waals surface area contributed by atoms with Crippen molar-refractivity contribution >= 4 is 17.9 Å². The highest BCUT2D eigenvalue weighted by Gasteiger charge is 2.25. The van der Waals surface area contributed by atoms with Crippen LogP contribution in [0, 0.1) is 0 Å². The van der Waals surface area contributed by atoms with Crippen molar-refractivity contribution < 1.29 is 38.2 Å². The molecule has 0 rings (SSSR count). The third-order valence-electron chi connectivity index (χ3n) is 9.30. The SMILES string of the molecule is CC/C=C/C=C/C=C/C=C/C=C/CCCCCC(=O)OCC(COCCC(C(=O)[O-])[N+](C)(C)C)OC(=O)CCCCCCCCCCCCCCCCC. The van der Waals surface area contributed by atoms with Crippen LogP contribution in [-0.4, -0.2) is 75.5 Å². The van der Waals surface area contributed by atoms with Crippen LogP contribution in [-0.2, 0) is 28.6 Å². The summed E-state index contributed by atoms with van der Waals surface area (Å²) < 4.78 is 17.1. The first-order chi connectivity index (χ1) is 26.1. The second-order valence-corrected chi connectivity index (χ2v) is 15.3. The molecule has 2 unspecified atom stereocenters. The first kappa shape index (κ1) is 51.0. The topological polar surface area (TPSA) is 102 Å². The Morgan fingerprint density at radius 1 is 0.574 bits per heavy atom. The van der Waals surface area contributed by atoms with Crippen LogP contribution in [0.3, 0.4) is 0 Å². The van der Waals surface area contributed by atoms with Crippen LogP contribution in [0.5, 0.6) is 0 Å². The van der Waals surface area contributed by atoms with E-state index in [-0.39, 0.29) is 42.7 Å². The predicted octanol–water partition coefficient (Wildman–Crippen LogP) is 10.1. The molecule has 0 aromatic rings. The summed E-state index contributed by atoms with van der Waals surface area (Å²) in [6.07, 6.45) is 43.8. The van der Waals surface area contributed by atoms with Crippen molar-refractivity contribution in [3.63, 3.8) is 0 Å². The van der Waals surface area contributed by atoms with Crippen LogP contribution in [0.25, 0.3) is 0 Å². The molecule has 0 spiro atoms. The largest absolute Gasteiger partial charge is 0.544 e. The molecule has 0 aromatic heterocycles. The van der Waals surface area contributed by atoms with E-state index in [0.29, 0.717) is 12.8 Å². The van der Waals surface area contributed by atoms with E-state index in [1.807, 2.05) is 48.6 Å². The standard InChI is InChI=1S/C46H79NO7/c1-6-8-10-12-14-16-18-20-22-24-26-28-30-32-34-36-44(48)53-41-42(40-52-39-38-43(46(50)51)47(3,4)5)54-45(49)37-35-33-31-29-27-25-23-21-19-17-15-13-11-9-7-2/h8,10,12,14,16,18,20,22,24,26,42-43H,6-7,9,11,13,15,17,19,21,23,25,27-41H2,1-5H3/b10-8+,14-12+,18-16+,22-20+,26-24+. The van der Waals surface area contributed by atoms with Crippen molar-refractivity contribution in [2.45, 2.75) is 174 Å². The van der Waals surface area contributed by atoms with Crippen molar-refractivity contribution in [2.24, 2.45) is 0 Å². The number of carbonyl (C=O) groups excluding carboxylic acids is 3. The maximum atomic E-state index is 12.7. The Labute approximate surface area is 330 Å². The molecular weight excluding hydrogens is 679 g/mol. The molecule has 0 bridgehead atoms. The van der Waals surface area contributed by atoms with Crippen LogP contribution in [0.2, 0.25) is 0 Å². The van der Waals surface area contributed by atoms with E-state index < -0.39 is 18.1 Å². The lowest BCUT2D eigenvalue weighted by atomic mass is 10.0. The number of likely N-dealkylation sites (N-methyl/N-ethyl adjacent to an activating group) is 1. The minimum atomic E-state index is -1.13. The number of hydrogen-bond donors (Lipinski definition) is 0. The fourth-order valence-electron chi connectivity index (χ4n) is 5.97. The van der Waals surface area contributed by atoms with Crippen molar-refractivity contribution in [3.8, 4) is 0 Å². The Kier molecular flexibility index (Phi) is 34.9. The molecule has 0 N–H and O–H groups in total. The third kappa shape index (κ3) is 34.8. The summed E-state index contributed by atoms with van der Waals surface area (Å²) in [5.74, 6) is -1.79. The quantitative estimate of drug-likeness (QED) is 0.0269. The van der Waals surface area contributed by atoms with E-state index >= 15 is 0 Å². The van der Waals surface area contributed by atoms with E-state index in [4.69, 9.17) is 14.2 Å². The molecule has 0 saturated carbocycles. The zero-order valence-corrected chi connectivity index (χ0v) is 35.1. The molecule has 54 heavy (non-hydrogen) atoms. The van der Waals surface area contributed by atoms with Gasteiger partial charge in [-0.25, -0.2) is 0 Å². The first-order valence-electron chi connectivity index (χ1n) is 21.4. The van der Waals surface area contributed by atoms with Gasteiger partial charge in [0.1, 0.15) is 12.6 Å². The number of carboxylic acid groups (broad SMARTS) is 1. The number of rotatable bonds is 37. The Bertz CT molecular complexity index is 1070. The first-order valence-corrected chi connectivity index (χ1v) is 21.4. The second kappa shape index (κ2) is 37.0. The summed E-state index contributed by atoms with van der Waals surface area (Å²) in [7, 11) is 5.39. The molecule has 2 atom stereocenters. The van der Waals surface area contributed by atoms with Gasteiger partial charge < -0.3 is 28.6 Å². The van der Waals surface area contributed by atoms with Gasteiger partial charge >= 0.3 is 11.9 Å². The Morgan fingerprint density at radius 2 is 1.04 bits per heavy atom. The zero-order valence-electron chi connectivity index (χ0n) is 35.1. The lowest BCUT2D eigenvalue weighted by Crippen LogP contribution is -2.55. The Balaban J connectivity index is 4.44. The number of carbonyl (C=O) groups is 3. The molecule has 0 aliphatic heterocycles. The fraction of sp³-hybridized carbons (Fsp3) is 0.717. The number of carboxylic acids is 1. The number of unbranched alkanes of at least 4 members (excludes halogenated alkanes) is 17. The van der Waals surface area contributed by atoms with Crippen molar-refractivity contribution in [1.29, 1.82) is 0 Å². The molecule has 0 amide bonds. The van der Waals surface area contributed by atoms with Gasteiger partial charge in [0.05, 0.1) is 40.3 Å². The minimum Gasteiger partial charge on any atom is -0.544 e. The summed E-state index contributed by atoms with van der Waals surface area (Å²) in [6.45, 7) is 4.47. The summed E-state index contributed by atoms with van der Waals surface area (Å²) in [5.41, 5.74) is 0. The number of quaternary nitrogens is 1. The molecule has 0 saturated heterocycles. The Morgan fingerprint density at radius 3 is 1.54 bits per heavy atom. The summed E-state index contributed by atoms with van der Waals surface area (Å²) in [4.78, 5) is 36.8. The number of aliphatic carboxylic acids is 1. The van der Waals surface area contributed by atoms with Gasteiger partial charge in [-0.1, -0.05) is 171 Å². The van der Waals surface area contributed by atoms with Gasteiger partial charge in [0.2, 0.25) is 0 Å². The molecule has 310 valence electrons. The highest BCUT2D eigenvalue weighted by atomic mass is 16.6. The number of nitrogens with zero attached hydrogens (tertiary/aromatic N) is 1. The highest BCUT2D eigenvalue weighted by Crippen LogP contribution is 2.15. The summed E-state index contributed by atoms with van der Waals surface area (Å²) in [5, 5.41) is 11.6. The van der Waals surface area contributed by atoms with Crippen LogP contribution in [0.4, 0.5) is 0 Å². The molecule has 0 aliphatic rings. The van der Waals surface area contributed by atoms with Gasteiger partial charge in [0.15, 0.2) is 6.10 Å². The van der Waals surface area contributed by atoms with Gasteiger partial charge in [0, 0.05) is 19.3 Å². The van der Waals surface area contributed by atoms with Gasteiger partial charge in [-0.05, 0) is 32.1 Å². The lowest BCUT2D eigenvalue weighted by molar-refractivity contribution is -0.889. The average Bonchev–Trinajstić information content (AvgIpc) is 3.12. The number of allylic oxidation sites excluding steroid dienone is 10. The molecule has 0 fully saturated rings. The summed E-state index contributed by atoms with van der Waals surface area (Å²) >= 11 is 0. The number of esters is 2. The molecular formula is C46H79NO7. The van der Waals surface area contributed by atoms with E-state index in [0.717, 1.165) is 51.4 Å². The molecule has 0 radical (unpaired) electrons. The van der Waals surface area contributed by atoms with Crippen molar-refractivity contribution in [2.75, 3.05) is 41.0 Å². The minimum absolute atomic E-state index is 0.0262. The normalized spacial score (nSPS) is 13.6. The van der Waals surface area contributed by atoms with Gasteiger partial charge in [0.25, 0.3) is 0 Å². The lowest BCUT2D eigenvalue weighted by Gasteiger charge is -2.34. The maximum Gasteiger partial charge on any atom is 0.306 e. The zero-order chi connectivity index (χ0) is 40.0. The molecule has 8 heteroatoms. The number of ether oxygens (including phenoxy) is 3. The van der Waals surface area contributed by atoms with Crippen LogP contribution >= 0.6 is 0 Å². The molecule has 0 heterocycles. The monoisotopic (exact) mass is 758 g/mol. The highest BCUT2D eigenvalue weighted by molar-refractivity contribution is 5.70. The predicted molar refractivity (Wildman–Crippen MR) is 222 cm³/mol. The fourth-order valence-corrected chi connectivity index (χ4v) is 5.97. The van der Waals surface area contributed by atoms with Crippen LogP contribution in [0.1, 0.15) is 162 Å². The average molecular weight is 758 g/mol. The number of hydrogen-bond acceptors (Lipinski definition) is 7. The van der Waals surface area contributed by atoms with E-state index in [9.17, 15) is 19.5 Å². The third-order valence-corrected chi connectivity index (χ3v) is 9.30. The van der Waals surface area contributed by atoms with Gasteiger partial charge in [-0.3, -0.25) is 9.59 Å². The second-order valence-electron chi connectivity index (χ2n) is 15.3. The van der Waals surface area contributed by atoms with Crippen molar-refractivity contribution in [3.05, 3.63) is 60.8 Å². The smallest absolute Gasteiger partial charge is 0.306 e. The van der Waals surface area contributed by atoms with E-state index in [1.54, 1.807) is 21.1 Å². The maximum absolute atomic E-state index is 12.7. The van der Waals surface area contributed by atoms with Crippen LogP contribution < -0.4 is 5.11 Å². The van der Waals surface area contributed by atoms with Gasteiger partial charge in [-0.15, -0.1) is 0 Å². The van der Waals surface area contributed by atoms with Gasteiger partial charge in [-0.2, -0.15) is 0 Å². The molecule has 0 aliphatic carbocycles. The summed E-state index contributed by atoms with van der Waals surface area (Å²) in [6, 6.07) is -0.733. The van der Waals surface area contributed by atoms with Crippen LogP contribution in [0.15, 0.2) is 60.8 Å². The molecule has 0 aromatic carbocycles. The molecule has 8 nitrogen and oxygen atoms in total. The van der Waals surface area contributed by atoms with E-state index in [2.05, 4.69) is 26.0 Å². The van der Waals surface area contributed by atoms with E-state index in [1.165, 1.54) is 77.0 Å². The van der Waals surface area contributed by atoms with Crippen molar-refractivity contribution in [1.82, 2.24) is 0 Å².